The van der Waals surface area contributed by atoms with Crippen LogP contribution < -0.4 is 14.9 Å². The van der Waals surface area contributed by atoms with Gasteiger partial charge in [-0.3, -0.25) is 14.9 Å². The van der Waals surface area contributed by atoms with Crippen molar-refractivity contribution >= 4 is 17.8 Å². The first-order valence-corrected chi connectivity index (χ1v) is 10.8. The van der Waals surface area contributed by atoms with Crippen molar-refractivity contribution in [3.8, 4) is 11.5 Å². The topological polar surface area (TPSA) is 103 Å². The Morgan fingerprint density at radius 3 is 2.69 bits per heavy atom. The SMILES string of the molecule is COc1cc(/C=N\NC(=O)[C@H]2[C@H]3CCCC[C@@]32C)ccc1OCc1ccc([N+](=O)[O-])cc1. The van der Waals surface area contributed by atoms with E-state index < -0.39 is 4.92 Å². The molecular weight excluding hydrogens is 410 g/mol. The van der Waals surface area contributed by atoms with Gasteiger partial charge in [0.15, 0.2) is 11.5 Å². The average molecular weight is 437 g/mol. The molecule has 8 nitrogen and oxygen atoms in total. The zero-order chi connectivity index (χ0) is 22.7. The van der Waals surface area contributed by atoms with Gasteiger partial charge in [0, 0.05) is 18.1 Å². The number of fused-ring (bicyclic) bond motifs is 1. The van der Waals surface area contributed by atoms with E-state index in [1.807, 2.05) is 6.07 Å². The Bertz CT molecular complexity index is 1040. The van der Waals surface area contributed by atoms with Gasteiger partial charge in [-0.1, -0.05) is 19.8 Å². The van der Waals surface area contributed by atoms with E-state index in [0.717, 1.165) is 24.0 Å². The fourth-order valence-corrected chi connectivity index (χ4v) is 4.85. The quantitative estimate of drug-likeness (QED) is 0.373. The number of hydrazone groups is 1. The predicted molar refractivity (Wildman–Crippen MR) is 120 cm³/mol. The number of non-ortho nitro benzene ring substituents is 1. The second-order valence-corrected chi connectivity index (χ2v) is 8.69. The van der Waals surface area contributed by atoms with E-state index in [2.05, 4.69) is 17.5 Å². The van der Waals surface area contributed by atoms with Crippen molar-refractivity contribution in [2.75, 3.05) is 7.11 Å². The van der Waals surface area contributed by atoms with Crippen LogP contribution in [0.2, 0.25) is 0 Å². The summed E-state index contributed by atoms with van der Waals surface area (Å²) >= 11 is 0. The number of rotatable bonds is 8. The van der Waals surface area contributed by atoms with Gasteiger partial charge >= 0.3 is 0 Å². The zero-order valence-electron chi connectivity index (χ0n) is 18.2. The number of nitro groups is 1. The van der Waals surface area contributed by atoms with Gasteiger partial charge in [-0.2, -0.15) is 5.10 Å². The Morgan fingerprint density at radius 2 is 2.03 bits per heavy atom. The average Bonchev–Trinajstić information content (AvgIpc) is 3.43. The van der Waals surface area contributed by atoms with Gasteiger partial charge in [0.05, 0.1) is 18.2 Å². The Balaban J connectivity index is 1.33. The van der Waals surface area contributed by atoms with Gasteiger partial charge < -0.3 is 9.47 Å². The molecule has 0 bridgehead atoms. The van der Waals surface area contributed by atoms with Gasteiger partial charge in [0.1, 0.15) is 6.61 Å². The zero-order valence-corrected chi connectivity index (χ0v) is 18.2. The molecule has 0 spiro atoms. The molecule has 32 heavy (non-hydrogen) atoms. The number of methoxy groups -OCH3 is 1. The second-order valence-electron chi connectivity index (χ2n) is 8.69. The third kappa shape index (κ3) is 4.44. The first-order chi connectivity index (χ1) is 15.4. The van der Waals surface area contributed by atoms with E-state index in [1.165, 1.54) is 25.0 Å². The number of carbonyl (C=O) groups excluding carboxylic acids is 1. The number of benzene rings is 2. The Morgan fingerprint density at radius 1 is 1.25 bits per heavy atom. The smallest absolute Gasteiger partial charge is 0.269 e. The van der Waals surface area contributed by atoms with Crippen molar-refractivity contribution in [1.82, 2.24) is 5.43 Å². The van der Waals surface area contributed by atoms with Crippen LogP contribution in [0.15, 0.2) is 47.6 Å². The summed E-state index contributed by atoms with van der Waals surface area (Å²) in [6.45, 7) is 2.46. The summed E-state index contributed by atoms with van der Waals surface area (Å²) in [6, 6.07) is 11.6. The third-order valence-electron chi connectivity index (χ3n) is 6.73. The Hall–Kier alpha value is -3.42. The maximum Gasteiger partial charge on any atom is 0.269 e. The van der Waals surface area contributed by atoms with Crippen LogP contribution >= 0.6 is 0 Å². The molecule has 0 radical (unpaired) electrons. The molecule has 0 unspecified atom stereocenters. The van der Waals surface area contributed by atoms with Crippen LogP contribution in [0, 0.1) is 27.4 Å². The van der Waals surface area contributed by atoms with Crippen LogP contribution in [0.5, 0.6) is 11.5 Å². The van der Waals surface area contributed by atoms with Crippen LogP contribution in [0.4, 0.5) is 5.69 Å². The Kier molecular flexibility index (Phi) is 6.12. The highest BCUT2D eigenvalue weighted by atomic mass is 16.6. The van der Waals surface area contributed by atoms with Crippen molar-refractivity contribution in [3.05, 3.63) is 63.7 Å². The lowest BCUT2D eigenvalue weighted by Crippen LogP contribution is -2.22. The van der Waals surface area contributed by atoms with E-state index >= 15 is 0 Å². The number of amides is 1. The number of carbonyl (C=O) groups is 1. The first kappa shape index (κ1) is 21.8. The van der Waals surface area contributed by atoms with Crippen LogP contribution in [0.1, 0.15) is 43.7 Å². The number of hydrogen-bond acceptors (Lipinski definition) is 6. The van der Waals surface area contributed by atoms with E-state index in [1.54, 1.807) is 37.6 Å². The summed E-state index contributed by atoms with van der Waals surface area (Å²) in [4.78, 5) is 22.8. The highest BCUT2D eigenvalue weighted by Gasteiger charge is 2.64. The molecule has 0 heterocycles. The summed E-state index contributed by atoms with van der Waals surface area (Å²) in [5.41, 5.74) is 4.47. The molecule has 2 aromatic rings. The van der Waals surface area contributed by atoms with Crippen molar-refractivity contribution in [3.63, 3.8) is 0 Å². The fourth-order valence-electron chi connectivity index (χ4n) is 4.85. The lowest BCUT2D eigenvalue weighted by molar-refractivity contribution is -0.384. The molecular formula is C24H27N3O5. The van der Waals surface area contributed by atoms with Crippen molar-refractivity contribution in [2.45, 2.75) is 39.2 Å². The molecule has 2 aromatic carbocycles. The summed E-state index contributed by atoms with van der Waals surface area (Å²) in [5, 5.41) is 14.9. The van der Waals surface area contributed by atoms with Gasteiger partial charge in [-0.05, 0) is 65.6 Å². The highest BCUT2D eigenvalue weighted by Crippen LogP contribution is 2.66. The second kappa shape index (κ2) is 8.98. The lowest BCUT2D eigenvalue weighted by Gasteiger charge is -2.15. The lowest BCUT2D eigenvalue weighted by atomic mass is 9.90. The molecule has 1 amide bonds. The van der Waals surface area contributed by atoms with E-state index in [0.29, 0.717) is 17.4 Å². The van der Waals surface area contributed by atoms with E-state index in [9.17, 15) is 14.9 Å². The molecule has 168 valence electrons. The maximum atomic E-state index is 12.5. The largest absolute Gasteiger partial charge is 0.493 e. The molecule has 4 rings (SSSR count). The number of ether oxygens (including phenoxy) is 2. The van der Waals surface area contributed by atoms with Crippen LogP contribution in [0.3, 0.4) is 0 Å². The normalized spacial score (nSPS) is 23.9. The molecule has 2 fully saturated rings. The minimum atomic E-state index is -0.436. The number of nitrogens with one attached hydrogen (secondary N) is 1. The minimum absolute atomic E-state index is 0.00525. The van der Waals surface area contributed by atoms with Gasteiger partial charge in [0.2, 0.25) is 5.91 Å². The van der Waals surface area contributed by atoms with Crippen LogP contribution in [-0.4, -0.2) is 24.2 Å². The van der Waals surface area contributed by atoms with E-state index in [-0.39, 0.29) is 29.5 Å². The van der Waals surface area contributed by atoms with Gasteiger partial charge in [-0.15, -0.1) is 0 Å². The standard InChI is InChI=1S/C24H27N3O5/c1-24-12-4-3-5-19(24)22(24)23(28)26-25-14-17-8-11-20(21(13-17)31-2)32-15-16-6-9-18(10-7-16)27(29)30/h6-11,13-14,19,22H,3-5,12,15H2,1-2H3,(H,26,28)/b25-14-/t19-,22-,24+/m1/s1. The molecule has 0 aromatic heterocycles. The summed E-state index contributed by atoms with van der Waals surface area (Å²) in [5.74, 6) is 1.65. The summed E-state index contributed by atoms with van der Waals surface area (Å²) in [6.07, 6.45) is 6.27. The first-order valence-electron chi connectivity index (χ1n) is 10.8. The van der Waals surface area contributed by atoms with Crippen LogP contribution in [0.25, 0.3) is 0 Å². The molecule has 8 heteroatoms. The Labute approximate surface area is 186 Å². The number of hydrogen-bond donors (Lipinski definition) is 1. The van der Waals surface area contributed by atoms with E-state index in [4.69, 9.17) is 9.47 Å². The van der Waals surface area contributed by atoms with Crippen LogP contribution in [-0.2, 0) is 11.4 Å². The van der Waals surface area contributed by atoms with Crippen molar-refractivity contribution in [1.29, 1.82) is 0 Å². The molecule has 2 aliphatic carbocycles. The molecule has 0 saturated heterocycles. The fraction of sp³-hybridized carbons (Fsp3) is 0.417. The molecule has 3 atom stereocenters. The molecule has 1 N–H and O–H groups in total. The monoisotopic (exact) mass is 437 g/mol. The maximum absolute atomic E-state index is 12.5. The third-order valence-corrected chi connectivity index (χ3v) is 6.73. The molecule has 2 aliphatic rings. The summed E-state index contributed by atoms with van der Waals surface area (Å²) < 4.78 is 11.2. The summed E-state index contributed by atoms with van der Waals surface area (Å²) in [7, 11) is 1.55. The molecule has 0 aliphatic heterocycles. The van der Waals surface area contributed by atoms with Crippen molar-refractivity contribution < 1.29 is 19.2 Å². The predicted octanol–water partition coefficient (Wildman–Crippen LogP) is 4.46. The number of nitro benzene ring substituents is 1. The molecule has 2 saturated carbocycles. The highest BCUT2D eigenvalue weighted by molar-refractivity contribution is 5.86. The minimum Gasteiger partial charge on any atom is -0.493 e. The van der Waals surface area contributed by atoms with Gasteiger partial charge in [-0.25, -0.2) is 5.43 Å². The van der Waals surface area contributed by atoms with Gasteiger partial charge in [0.25, 0.3) is 5.69 Å². The van der Waals surface area contributed by atoms with Crippen molar-refractivity contribution in [2.24, 2.45) is 22.4 Å². The number of nitrogens with zero attached hydrogens (tertiary/aromatic N) is 2.